The fraction of sp³-hybridized carbons (Fsp3) is 0.235. The average molecular weight is 272 g/mol. The lowest BCUT2D eigenvalue weighted by molar-refractivity contribution is 0.101. The van der Waals surface area contributed by atoms with Gasteiger partial charge in [0.1, 0.15) is 17.3 Å². The second kappa shape index (κ2) is 6.33. The van der Waals surface area contributed by atoms with Gasteiger partial charge in [-0.2, -0.15) is 0 Å². The minimum absolute atomic E-state index is 0.220. The Morgan fingerprint density at radius 1 is 1.15 bits per heavy atom. The maximum absolute atomic E-state index is 13.2. The summed E-state index contributed by atoms with van der Waals surface area (Å²) < 4.78 is 18.8. The number of rotatable bonds is 5. The van der Waals surface area contributed by atoms with Gasteiger partial charge in [-0.05, 0) is 49.2 Å². The largest absolute Gasteiger partial charge is 0.457 e. The Kier molecular flexibility index (Phi) is 4.51. The molecule has 0 aliphatic carbocycles. The molecule has 0 spiro atoms. The third-order valence-corrected chi connectivity index (χ3v) is 3.01. The van der Waals surface area contributed by atoms with E-state index in [-0.39, 0.29) is 11.3 Å². The molecule has 0 saturated heterocycles. The molecule has 3 heteroatoms. The van der Waals surface area contributed by atoms with Gasteiger partial charge in [-0.25, -0.2) is 4.39 Å². The lowest BCUT2D eigenvalue weighted by Crippen LogP contribution is -1.98. The minimum atomic E-state index is -0.444. The lowest BCUT2D eigenvalue weighted by Gasteiger charge is -2.10. The zero-order chi connectivity index (χ0) is 14.5. The maximum atomic E-state index is 13.2. The van der Waals surface area contributed by atoms with Gasteiger partial charge in [-0.3, -0.25) is 4.79 Å². The first-order valence-electron chi connectivity index (χ1n) is 6.67. The second-order valence-electron chi connectivity index (χ2n) is 4.69. The van der Waals surface area contributed by atoms with E-state index in [2.05, 4.69) is 6.92 Å². The van der Waals surface area contributed by atoms with Crippen molar-refractivity contribution in [2.24, 2.45) is 0 Å². The number of carbonyl (C=O) groups is 1. The average Bonchev–Trinajstić information content (AvgIpc) is 2.43. The lowest BCUT2D eigenvalue weighted by atomic mass is 10.1. The van der Waals surface area contributed by atoms with Crippen LogP contribution in [0.2, 0.25) is 0 Å². The van der Waals surface area contributed by atoms with E-state index >= 15 is 0 Å². The van der Waals surface area contributed by atoms with Crippen molar-refractivity contribution >= 4 is 5.78 Å². The van der Waals surface area contributed by atoms with Crippen LogP contribution in [0.5, 0.6) is 11.5 Å². The summed E-state index contributed by atoms with van der Waals surface area (Å²) in [4.78, 5) is 11.5. The normalized spacial score (nSPS) is 10.3. The Bertz CT molecular complexity index is 603. The third kappa shape index (κ3) is 3.44. The second-order valence-corrected chi connectivity index (χ2v) is 4.69. The smallest absolute Gasteiger partial charge is 0.163 e. The number of ketones is 1. The molecule has 0 aliphatic heterocycles. The van der Waals surface area contributed by atoms with Crippen LogP contribution in [0.25, 0.3) is 0 Å². The van der Waals surface area contributed by atoms with Gasteiger partial charge in [0.05, 0.1) is 5.56 Å². The molecule has 0 saturated carbocycles. The highest BCUT2D eigenvalue weighted by atomic mass is 19.1. The fourth-order valence-electron chi connectivity index (χ4n) is 2.01. The molecule has 0 atom stereocenters. The Morgan fingerprint density at radius 3 is 2.45 bits per heavy atom. The molecule has 0 bridgehead atoms. The Hall–Kier alpha value is -2.16. The summed E-state index contributed by atoms with van der Waals surface area (Å²) in [5, 5.41) is 0. The fourth-order valence-corrected chi connectivity index (χ4v) is 2.01. The van der Waals surface area contributed by atoms with Gasteiger partial charge in [0.2, 0.25) is 0 Å². The van der Waals surface area contributed by atoms with Gasteiger partial charge >= 0.3 is 0 Å². The molecule has 0 aromatic heterocycles. The topological polar surface area (TPSA) is 26.3 Å². The van der Waals surface area contributed by atoms with Crippen molar-refractivity contribution in [1.29, 1.82) is 0 Å². The van der Waals surface area contributed by atoms with Crippen LogP contribution in [-0.4, -0.2) is 5.78 Å². The van der Waals surface area contributed by atoms with Crippen molar-refractivity contribution in [3.8, 4) is 11.5 Å². The van der Waals surface area contributed by atoms with E-state index in [0.29, 0.717) is 11.5 Å². The summed E-state index contributed by atoms with van der Waals surface area (Å²) in [7, 11) is 0. The number of ether oxygens (including phenoxy) is 1. The highest BCUT2D eigenvalue weighted by molar-refractivity contribution is 5.96. The van der Waals surface area contributed by atoms with Gasteiger partial charge in [-0.15, -0.1) is 0 Å². The molecule has 0 radical (unpaired) electrons. The summed E-state index contributed by atoms with van der Waals surface area (Å²) in [6.45, 7) is 3.52. The summed E-state index contributed by atoms with van der Waals surface area (Å²) in [6, 6.07) is 11.7. The number of aryl methyl sites for hydroxylation is 1. The van der Waals surface area contributed by atoms with Crippen LogP contribution in [0.15, 0.2) is 42.5 Å². The van der Waals surface area contributed by atoms with Crippen LogP contribution in [0, 0.1) is 5.82 Å². The van der Waals surface area contributed by atoms with Gasteiger partial charge in [0.15, 0.2) is 5.78 Å². The van der Waals surface area contributed by atoms with Crippen molar-refractivity contribution in [3.63, 3.8) is 0 Å². The SMILES string of the molecule is CCCc1ccc(Oc2ccc(F)cc2C(C)=O)cc1. The first-order valence-corrected chi connectivity index (χ1v) is 6.67. The van der Waals surface area contributed by atoms with Gasteiger partial charge in [-0.1, -0.05) is 25.5 Å². The van der Waals surface area contributed by atoms with Crippen molar-refractivity contribution < 1.29 is 13.9 Å². The van der Waals surface area contributed by atoms with Gasteiger partial charge in [0.25, 0.3) is 0 Å². The molecule has 2 aromatic carbocycles. The molecular weight excluding hydrogens is 255 g/mol. The Balaban J connectivity index is 2.23. The summed E-state index contributed by atoms with van der Waals surface area (Å²) in [6.07, 6.45) is 2.11. The monoisotopic (exact) mass is 272 g/mol. The third-order valence-electron chi connectivity index (χ3n) is 3.01. The number of hydrogen-bond acceptors (Lipinski definition) is 2. The molecule has 0 fully saturated rings. The van der Waals surface area contributed by atoms with Crippen LogP contribution >= 0.6 is 0 Å². The van der Waals surface area contributed by atoms with E-state index < -0.39 is 5.82 Å². The number of carbonyl (C=O) groups excluding carboxylic acids is 1. The molecule has 0 unspecified atom stereocenters. The van der Waals surface area contributed by atoms with Crippen LogP contribution in [0.1, 0.15) is 36.2 Å². The van der Waals surface area contributed by atoms with E-state index in [4.69, 9.17) is 4.74 Å². The number of Topliss-reactive ketones (excluding diaryl/α,β-unsaturated/α-hetero) is 1. The number of halogens is 1. The van der Waals surface area contributed by atoms with E-state index in [0.717, 1.165) is 12.8 Å². The van der Waals surface area contributed by atoms with Gasteiger partial charge < -0.3 is 4.74 Å². The summed E-state index contributed by atoms with van der Waals surface area (Å²) in [5.74, 6) is 0.351. The van der Waals surface area contributed by atoms with Crippen LogP contribution in [-0.2, 0) is 6.42 Å². The Morgan fingerprint density at radius 2 is 1.85 bits per heavy atom. The molecule has 0 heterocycles. The highest BCUT2D eigenvalue weighted by Crippen LogP contribution is 2.26. The predicted molar refractivity (Wildman–Crippen MR) is 76.9 cm³/mol. The van der Waals surface area contributed by atoms with Crippen LogP contribution in [0.4, 0.5) is 4.39 Å². The quantitative estimate of drug-likeness (QED) is 0.733. The van der Waals surface area contributed by atoms with E-state index in [1.807, 2.05) is 24.3 Å². The first-order chi connectivity index (χ1) is 9.60. The molecule has 0 N–H and O–H groups in total. The maximum Gasteiger partial charge on any atom is 0.163 e. The standard InChI is InChI=1S/C17H17FO2/c1-3-4-13-5-8-15(9-6-13)20-17-10-7-14(18)11-16(17)12(2)19/h5-11H,3-4H2,1-2H3. The predicted octanol–water partition coefficient (Wildman–Crippen LogP) is 4.77. The molecule has 104 valence electrons. The molecule has 2 aromatic rings. The zero-order valence-corrected chi connectivity index (χ0v) is 11.7. The van der Waals surface area contributed by atoms with Crippen molar-refractivity contribution in [2.45, 2.75) is 26.7 Å². The molecular formula is C17H17FO2. The van der Waals surface area contributed by atoms with E-state index in [9.17, 15) is 9.18 Å². The van der Waals surface area contributed by atoms with Crippen molar-refractivity contribution in [2.75, 3.05) is 0 Å². The molecule has 20 heavy (non-hydrogen) atoms. The summed E-state index contributed by atoms with van der Waals surface area (Å²) in [5.41, 5.74) is 1.49. The number of hydrogen-bond donors (Lipinski definition) is 0. The van der Waals surface area contributed by atoms with E-state index in [1.54, 1.807) is 0 Å². The first kappa shape index (κ1) is 14.3. The van der Waals surface area contributed by atoms with Gasteiger partial charge in [0, 0.05) is 0 Å². The summed E-state index contributed by atoms with van der Waals surface area (Å²) >= 11 is 0. The molecule has 0 aliphatic rings. The van der Waals surface area contributed by atoms with E-state index in [1.165, 1.54) is 30.7 Å². The minimum Gasteiger partial charge on any atom is -0.457 e. The molecule has 2 nitrogen and oxygen atoms in total. The molecule has 0 amide bonds. The van der Waals surface area contributed by atoms with Crippen molar-refractivity contribution in [1.82, 2.24) is 0 Å². The molecule has 2 rings (SSSR count). The van der Waals surface area contributed by atoms with Crippen LogP contribution < -0.4 is 4.74 Å². The Labute approximate surface area is 118 Å². The zero-order valence-electron chi connectivity index (χ0n) is 11.7. The number of benzene rings is 2. The highest BCUT2D eigenvalue weighted by Gasteiger charge is 2.10. The van der Waals surface area contributed by atoms with Crippen LogP contribution in [0.3, 0.4) is 0 Å². The van der Waals surface area contributed by atoms with Crippen molar-refractivity contribution in [3.05, 3.63) is 59.4 Å².